The Labute approximate surface area is 145 Å². The zero-order valence-electron chi connectivity index (χ0n) is 14.0. The Balaban J connectivity index is 1.50. The van der Waals surface area contributed by atoms with E-state index in [2.05, 4.69) is 24.8 Å². The summed E-state index contributed by atoms with van der Waals surface area (Å²) in [7, 11) is 0. The molecule has 0 radical (unpaired) electrons. The van der Waals surface area contributed by atoms with E-state index in [0.717, 1.165) is 43.6 Å². The number of para-hydroxylation sites is 1. The lowest BCUT2D eigenvalue weighted by molar-refractivity contribution is 0.596. The molecule has 0 spiro atoms. The number of aryl methyl sites for hydroxylation is 1. The Morgan fingerprint density at radius 2 is 1.64 bits per heavy atom. The van der Waals surface area contributed by atoms with Gasteiger partial charge in [0.25, 0.3) is 0 Å². The average Bonchev–Trinajstić information content (AvgIpc) is 3.08. The molecule has 0 unspecified atom stereocenters. The van der Waals surface area contributed by atoms with Crippen molar-refractivity contribution >= 4 is 11.5 Å². The summed E-state index contributed by atoms with van der Waals surface area (Å²) >= 11 is 0. The van der Waals surface area contributed by atoms with Crippen LogP contribution in [0.1, 0.15) is 5.82 Å². The second kappa shape index (κ2) is 6.51. The molecule has 0 aliphatic carbocycles. The van der Waals surface area contributed by atoms with Gasteiger partial charge in [0, 0.05) is 44.6 Å². The van der Waals surface area contributed by atoms with E-state index in [1.807, 2.05) is 35.9 Å². The highest BCUT2D eigenvalue weighted by molar-refractivity contribution is 5.51. The molecule has 3 aromatic rings. The second-order valence-electron chi connectivity index (χ2n) is 6.00. The van der Waals surface area contributed by atoms with Crippen LogP contribution in [0, 0.1) is 12.7 Å². The number of aromatic nitrogens is 4. The molecule has 1 aliphatic rings. The predicted octanol–water partition coefficient (Wildman–Crippen LogP) is 2.44. The Bertz CT molecular complexity index is 869. The van der Waals surface area contributed by atoms with Gasteiger partial charge < -0.3 is 9.80 Å². The molecule has 3 heterocycles. The van der Waals surface area contributed by atoms with Gasteiger partial charge in [0.1, 0.15) is 29.6 Å². The molecule has 0 amide bonds. The zero-order valence-corrected chi connectivity index (χ0v) is 14.0. The Kier molecular flexibility index (Phi) is 4.05. The summed E-state index contributed by atoms with van der Waals surface area (Å²) in [4.78, 5) is 17.3. The van der Waals surface area contributed by atoms with Crippen molar-refractivity contribution in [1.29, 1.82) is 0 Å². The van der Waals surface area contributed by atoms with Gasteiger partial charge in [-0.3, -0.25) is 4.57 Å². The van der Waals surface area contributed by atoms with Crippen LogP contribution >= 0.6 is 0 Å². The molecule has 1 aromatic carbocycles. The first kappa shape index (κ1) is 15.6. The number of nitrogens with zero attached hydrogens (tertiary/aromatic N) is 6. The van der Waals surface area contributed by atoms with Crippen molar-refractivity contribution in [2.75, 3.05) is 36.0 Å². The molecule has 2 aromatic heterocycles. The quantitative estimate of drug-likeness (QED) is 0.734. The predicted molar refractivity (Wildman–Crippen MR) is 94.7 cm³/mol. The topological polar surface area (TPSA) is 50.1 Å². The number of imidazole rings is 1. The molecule has 4 rings (SSSR count). The van der Waals surface area contributed by atoms with E-state index in [9.17, 15) is 4.39 Å². The minimum atomic E-state index is -0.171. The standard InChI is InChI=1S/C18H19FN6/c1-14-20-6-7-25(14)18-12-17(21-13-22-18)24-10-8-23(9-11-24)16-5-3-2-4-15(16)19/h2-7,12-13H,8-11H2,1H3. The summed E-state index contributed by atoms with van der Waals surface area (Å²) in [6.07, 6.45) is 5.22. The van der Waals surface area contributed by atoms with Gasteiger partial charge in [-0.2, -0.15) is 0 Å². The van der Waals surface area contributed by atoms with Gasteiger partial charge in [-0.15, -0.1) is 0 Å². The fourth-order valence-corrected chi connectivity index (χ4v) is 3.15. The zero-order chi connectivity index (χ0) is 17.2. The molecule has 6 nitrogen and oxygen atoms in total. The van der Waals surface area contributed by atoms with Crippen LogP contribution in [0.2, 0.25) is 0 Å². The molecule has 25 heavy (non-hydrogen) atoms. The highest BCUT2D eigenvalue weighted by Gasteiger charge is 2.20. The van der Waals surface area contributed by atoms with Gasteiger partial charge in [0.15, 0.2) is 0 Å². The number of anilines is 2. The molecular weight excluding hydrogens is 319 g/mol. The van der Waals surface area contributed by atoms with Crippen molar-refractivity contribution in [3.05, 3.63) is 60.7 Å². The molecular formula is C18H19FN6. The Morgan fingerprint density at radius 1 is 0.920 bits per heavy atom. The van der Waals surface area contributed by atoms with Crippen molar-refractivity contribution in [2.45, 2.75) is 6.92 Å². The third-order valence-corrected chi connectivity index (χ3v) is 4.51. The molecule has 0 bridgehead atoms. The largest absolute Gasteiger partial charge is 0.366 e. The van der Waals surface area contributed by atoms with Gasteiger partial charge >= 0.3 is 0 Å². The third-order valence-electron chi connectivity index (χ3n) is 4.51. The summed E-state index contributed by atoms with van der Waals surface area (Å²) in [5, 5.41) is 0. The van der Waals surface area contributed by atoms with Crippen molar-refractivity contribution in [1.82, 2.24) is 19.5 Å². The SMILES string of the molecule is Cc1nccn1-c1cc(N2CCN(c3ccccc3F)CC2)ncn1. The van der Waals surface area contributed by atoms with Crippen LogP contribution in [0.15, 0.2) is 49.1 Å². The number of benzene rings is 1. The first-order chi connectivity index (χ1) is 12.2. The van der Waals surface area contributed by atoms with Gasteiger partial charge in [-0.25, -0.2) is 19.3 Å². The van der Waals surface area contributed by atoms with Gasteiger partial charge in [0.05, 0.1) is 5.69 Å². The number of hydrogen-bond donors (Lipinski definition) is 0. The first-order valence-electron chi connectivity index (χ1n) is 8.29. The summed E-state index contributed by atoms with van der Waals surface area (Å²) in [6.45, 7) is 5.02. The van der Waals surface area contributed by atoms with E-state index in [0.29, 0.717) is 5.69 Å². The maximum absolute atomic E-state index is 14.0. The molecule has 1 aliphatic heterocycles. The number of rotatable bonds is 3. The van der Waals surface area contributed by atoms with Crippen LogP contribution < -0.4 is 9.80 Å². The lowest BCUT2D eigenvalue weighted by atomic mass is 10.2. The number of halogens is 1. The van der Waals surface area contributed by atoms with Gasteiger partial charge in [-0.1, -0.05) is 12.1 Å². The van der Waals surface area contributed by atoms with Crippen LogP contribution in [0.3, 0.4) is 0 Å². The highest BCUT2D eigenvalue weighted by Crippen LogP contribution is 2.22. The van der Waals surface area contributed by atoms with Crippen molar-refractivity contribution < 1.29 is 4.39 Å². The summed E-state index contributed by atoms with van der Waals surface area (Å²) in [5.41, 5.74) is 0.666. The van der Waals surface area contributed by atoms with Crippen LogP contribution in [-0.4, -0.2) is 45.7 Å². The fraction of sp³-hybridized carbons (Fsp3) is 0.278. The molecule has 0 atom stereocenters. The molecule has 7 heteroatoms. The maximum Gasteiger partial charge on any atom is 0.146 e. The lowest BCUT2D eigenvalue weighted by Gasteiger charge is -2.36. The van der Waals surface area contributed by atoms with E-state index < -0.39 is 0 Å². The summed E-state index contributed by atoms with van der Waals surface area (Å²) in [6, 6.07) is 8.89. The van der Waals surface area contributed by atoms with Gasteiger partial charge in [-0.05, 0) is 19.1 Å². The minimum Gasteiger partial charge on any atom is -0.366 e. The van der Waals surface area contributed by atoms with Crippen LogP contribution in [-0.2, 0) is 0 Å². The monoisotopic (exact) mass is 338 g/mol. The second-order valence-corrected chi connectivity index (χ2v) is 6.00. The maximum atomic E-state index is 14.0. The average molecular weight is 338 g/mol. The number of piperazine rings is 1. The van der Waals surface area contributed by atoms with E-state index >= 15 is 0 Å². The van der Waals surface area contributed by atoms with Crippen LogP contribution in [0.4, 0.5) is 15.9 Å². The van der Waals surface area contributed by atoms with E-state index in [1.54, 1.807) is 18.6 Å². The lowest BCUT2D eigenvalue weighted by Crippen LogP contribution is -2.47. The Morgan fingerprint density at radius 3 is 2.36 bits per heavy atom. The Hall–Kier alpha value is -2.96. The molecule has 1 saturated heterocycles. The molecule has 128 valence electrons. The van der Waals surface area contributed by atoms with Crippen molar-refractivity contribution in [3.8, 4) is 5.82 Å². The first-order valence-corrected chi connectivity index (χ1v) is 8.29. The number of hydrogen-bond acceptors (Lipinski definition) is 5. The normalized spacial score (nSPS) is 14.8. The third kappa shape index (κ3) is 3.05. The van der Waals surface area contributed by atoms with E-state index in [-0.39, 0.29) is 5.82 Å². The van der Waals surface area contributed by atoms with Crippen LogP contribution in [0.25, 0.3) is 5.82 Å². The van der Waals surface area contributed by atoms with E-state index in [1.165, 1.54) is 6.07 Å². The highest BCUT2D eigenvalue weighted by atomic mass is 19.1. The molecule has 0 N–H and O–H groups in total. The minimum absolute atomic E-state index is 0.171. The fourth-order valence-electron chi connectivity index (χ4n) is 3.15. The molecule has 1 fully saturated rings. The van der Waals surface area contributed by atoms with Crippen molar-refractivity contribution in [3.63, 3.8) is 0 Å². The molecule has 0 saturated carbocycles. The summed E-state index contributed by atoms with van der Waals surface area (Å²) in [5.74, 6) is 2.40. The van der Waals surface area contributed by atoms with Crippen LogP contribution in [0.5, 0.6) is 0 Å². The smallest absolute Gasteiger partial charge is 0.146 e. The van der Waals surface area contributed by atoms with Gasteiger partial charge in [0.2, 0.25) is 0 Å². The van der Waals surface area contributed by atoms with Crippen molar-refractivity contribution in [2.24, 2.45) is 0 Å². The van der Waals surface area contributed by atoms with E-state index in [4.69, 9.17) is 0 Å². The summed E-state index contributed by atoms with van der Waals surface area (Å²) < 4.78 is 15.9.